The molecule has 0 spiro atoms. The zero-order valence-electron chi connectivity index (χ0n) is 13.0. The lowest BCUT2D eigenvalue weighted by molar-refractivity contribution is -0.117. The minimum absolute atomic E-state index is 0.0821. The number of carbonyl (C=O) groups excluding carboxylic acids is 2. The number of nitrogens with zero attached hydrogens (tertiary/aromatic N) is 1. The second kappa shape index (κ2) is 8.12. The molecular formula is C16H19N3O2S2. The Morgan fingerprint density at radius 2 is 2.00 bits per heavy atom. The Kier molecular flexibility index (Phi) is 6.18. The third-order valence-corrected chi connectivity index (χ3v) is 5.37. The summed E-state index contributed by atoms with van der Waals surface area (Å²) in [4.78, 5) is 28.7. The van der Waals surface area contributed by atoms with Crippen LogP contribution < -0.4 is 11.1 Å². The molecule has 1 heterocycles. The Hall–Kier alpha value is -1.86. The van der Waals surface area contributed by atoms with Gasteiger partial charge in [0, 0.05) is 10.3 Å². The highest BCUT2D eigenvalue weighted by Gasteiger charge is 2.24. The van der Waals surface area contributed by atoms with Gasteiger partial charge in [-0.3, -0.25) is 9.59 Å². The zero-order valence-corrected chi connectivity index (χ0v) is 14.6. The summed E-state index contributed by atoms with van der Waals surface area (Å²) in [5, 5.41) is 4.83. The number of nitrogens with one attached hydrogen (secondary N) is 1. The van der Waals surface area contributed by atoms with Crippen molar-refractivity contribution in [2.75, 3.05) is 5.32 Å². The number of aromatic nitrogens is 1. The van der Waals surface area contributed by atoms with E-state index in [-0.39, 0.29) is 23.5 Å². The van der Waals surface area contributed by atoms with Crippen molar-refractivity contribution in [3.8, 4) is 0 Å². The van der Waals surface area contributed by atoms with Gasteiger partial charge in [-0.1, -0.05) is 32.0 Å². The molecule has 0 unspecified atom stereocenters. The highest BCUT2D eigenvalue weighted by Crippen LogP contribution is 2.29. The summed E-state index contributed by atoms with van der Waals surface area (Å²) in [5.41, 5.74) is 5.72. The van der Waals surface area contributed by atoms with Crippen LogP contribution in [0.15, 0.2) is 40.6 Å². The van der Waals surface area contributed by atoms with Gasteiger partial charge in [-0.15, -0.1) is 23.1 Å². The van der Waals surface area contributed by atoms with Crippen LogP contribution in [0.4, 0.5) is 5.13 Å². The summed E-state index contributed by atoms with van der Waals surface area (Å²) < 4.78 is 0. The largest absolute Gasteiger partial charge is 0.369 e. The first kappa shape index (κ1) is 17.5. The van der Waals surface area contributed by atoms with E-state index in [0.29, 0.717) is 10.8 Å². The Morgan fingerprint density at radius 1 is 1.30 bits per heavy atom. The van der Waals surface area contributed by atoms with Crippen LogP contribution in [0.1, 0.15) is 19.5 Å². The fourth-order valence-electron chi connectivity index (χ4n) is 1.94. The Bertz CT molecular complexity index is 671. The van der Waals surface area contributed by atoms with Crippen molar-refractivity contribution in [1.29, 1.82) is 0 Å². The van der Waals surface area contributed by atoms with Crippen molar-refractivity contribution in [3.05, 3.63) is 41.4 Å². The standard InChI is InChI=1S/C16H19N3O2S2/c1-10(2)14(23-12-6-4-3-5-7-12)15(21)19-16-18-11(9-22-16)8-13(17)20/h3-7,9-10,14H,8H2,1-2H3,(H2,17,20)(H,18,19,21)/t14-/m0/s1. The molecule has 0 saturated heterocycles. The minimum Gasteiger partial charge on any atom is -0.369 e. The molecule has 2 rings (SSSR count). The van der Waals surface area contributed by atoms with E-state index < -0.39 is 5.91 Å². The first-order valence-corrected chi connectivity index (χ1v) is 8.97. The van der Waals surface area contributed by atoms with Crippen LogP contribution in [0.25, 0.3) is 0 Å². The number of thioether (sulfide) groups is 1. The van der Waals surface area contributed by atoms with Gasteiger partial charge in [-0.25, -0.2) is 4.98 Å². The summed E-state index contributed by atoms with van der Waals surface area (Å²) in [6.07, 6.45) is 0.0821. The molecule has 0 aliphatic heterocycles. The summed E-state index contributed by atoms with van der Waals surface area (Å²) in [7, 11) is 0. The highest BCUT2D eigenvalue weighted by atomic mass is 32.2. The number of rotatable bonds is 7. The SMILES string of the molecule is CC(C)[C@H](Sc1ccccc1)C(=O)Nc1nc(CC(N)=O)cs1. The van der Waals surface area contributed by atoms with Crippen LogP contribution in [0.5, 0.6) is 0 Å². The normalized spacial score (nSPS) is 12.1. The lowest BCUT2D eigenvalue weighted by atomic mass is 10.1. The van der Waals surface area contributed by atoms with Crippen LogP contribution in [-0.4, -0.2) is 22.0 Å². The van der Waals surface area contributed by atoms with Gasteiger partial charge in [0.2, 0.25) is 11.8 Å². The van der Waals surface area contributed by atoms with Gasteiger partial charge in [-0.2, -0.15) is 0 Å². The van der Waals surface area contributed by atoms with Crippen molar-refractivity contribution < 1.29 is 9.59 Å². The van der Waals surface area contributed by atoms with Crippen LogP contribution in [-0.2, 0) is 16.0 Å². The van der Waals surface area contributed by atoms with Crippen LogP contribution in [0, 0.1) is 5.92 Å². The second-order valence-electron chi connectivity index (χ2n) is 5.37. The smallest absolute Gasteiger partial charge is 0.239 e. The molecule has 5 nitrogen and oxygen atoms in total. The minimum atomic E-state index is -0.437. The van der Waals surface area contributed by atoms with Crippen molar-refractivity contribution in [3.63, 3.8) is 0 Å². The number of nitrogens with two attached hydrogens (primary N) is 1. The third kappa shape index (κ3) is 5.37. The number of amides is 2. The topological polar surface area (TPSA) is 85.1 Å². The molecule has 2 amide bonds. The number of anilines is 1. The Morgan fingerprint density at radius 3 is 2.61 bits per heavy atom. The number of hydrogen-bond donors (Lipinski definition) is 2. The molecule has 1 atom stereocenters. The predicted molar refractivity (Wildman–Crippen MR) is 94.6 cm³/mol. The number of benzene rings is 1. The first-order chi connectivity index (χ1) is 11.0. The molecule has 122 valence electrons. The Labute approximate surface area is 143 Å². The fraction of sp³-hybridized carbons (Fsp3) is 0.312. The quantitative estimate of drug-likeness (QED) is 0.753. The van der Waals surface area contributed by atoms with E-state index in [1.165, 1.54) is 23.1 Å². The van der Waals surface area contributed by atoms with Gasteiger partial charge in [0.25, 0.3) is 0 Å². The molecule has 2 aromatic rings. The summed E-state index contributed by atoms with van der Waals surface area (Å²) in [6, 6.07) is 9.83. The van der Waals surface area contributed by atoms with Crippen molar-refractivity contribution >= 4 is 40.0 Å². The van der Waals surface area contributed by atoms with E-state index in [4.69, 9.17) is 5.73 Å². The Balaban J connectivity index is 2.03. The van der Waals surface area contributed by atoms with Crippen LogP contribution >= 0.6 is 23.1 Å². The monoisotopic (exact) mass is 349 g/mol. The van der Waals surface area contributed by atoms with Gasteiger partial charge in [-0.05, 0) is 18.1 Å². The van der Waals surface area contributed by atoms with Gasteiger partial charge >= 0.3 is 0 Å². The molecule has 0 radical (unpaired) electrons. The zero-order chi connectivity index (χ0) is 16.8. The second-order valence-corrected chi connectivity index (χ2v) is 7.44. The molecule has 1 aromatic heterocycles. The molecule has 0 fully saturated rings. The van der Waals surface area contributed by atoms with Crippen molar-refractivity contribution in [2.45, 2.75) is 30.4 Å². The molecule has 23 heavy (non-hydrogen) atoms. The summed E-state index contributed by atoms with van der Waals surface area (Å²) in [6.45, 7) is 4.03. The van der Waals surface area contributed by atoms with Crippen LogP contribution in [0.2, 0.25) is 0 Å². The maximum absolute atomic E-state index is 12.5. The molecule has 0 saturated carbocycles. The highest BCUT2D eigenvalue weighted by molar-refractivity contribution is 8.00. The summed E-state index contributed by atoms with van der Waals surface area (Å²) in [5.74, 6) is -0.355. The van der Waals surface area contributed by atoms with Crippen LogP contribution in [0.3, 0.4) is 0 Å². The van der Waals surface area contributed by atoms with Crippen molar-refractivity contribution in [2.24, 2.45) is 11.7 Å². The van der Waals surface area contributed by atoms with E-state index in [1.54, 1.807) is 5.38 Å². The van der Waals surface area contributed by atoms with Gasteiger partial charge < -0.3 is 11.1 Å². The summed E-state index contributed by atoms with van der Waals surface area (Å²) >= 11 is 2.83. The first-order valence-electron chi connectivity index (χ1n) is 7.21. The molecule has 3 N–H and O–H groups in total. The average molecular weight is 349 g/mol. The molecule has 0 aliphatic rings. The fourth-order valence-corrected chi connectivity index (χ4v) is 3.70. The third-order valence-electron chi connectivity index (χ3n) is 3.01. The molecular weight excluding hydrogens is 330 g/mol. The van der Waals surface area contributed by atoms with E-state index in [2.05, 4.69) is 10.3 Å². The maximum Gasteiger partial charge on any atom is 0.239 e. The molecule has 1 aromatic carbocycles. The maximum atomic E-state index is 12.5. The number of thiazole rings is 1. The average Bonchev–Trinajstić information content (AvgIpc) is 2.91. The molecule has 7 heteroatoms. The van der Waals surface area contributed by atoms with E-state index in [9.17, 15) is 9.59 Å². The lowest BCUT2D eigenvalue weighted by Gasteiger charge is -2.19. The van der Waals surface area contributed by atoms with Crippen molar-refractivity contribution in [1.82, 2.24) is 4.98 Å². The molecule has 0 bridgehead atoms. The van der Waals surface area contributed by atoms with Gasteiger partial charge in [0.15, 0.2) is 5.13 Å². The van der Waals surface area contributed by atoms with Gasteiger partial charge in [0.1, 0.15) is 0 Å². The van der Waals surface area contributed by atoms with Gasteiger partial charge in [0.05, 0.1) is 17.4 Å². The molecule has 0 aliphatic carbocycles. The number of hydrogen-bond acceptors (Lipinski definition) is 5. The number of primary amides is 1. The van der Waals surface area contributed by atoms with E-state index in [0.717, 1.165) is 4.90 Å². The van der Waals surface area contributed by atoms with E-state index in [1.807, 2.05) is 44.2 Å². The number of carbonyl (C=O) groups is 2. The predicted octanol–water partition coefficient (Wildman–Crippen LogP) is 2.93. The van der Waals surface area contributed by atoms with E-state index >= 15 is 0 Å². The lowest BCUT2D eigenvalue weighted by Crippen LogP contribution is -2.29.